The van der Waals surface area contributed by atoms with Crippen molar-refractivity contribution < 1.29 is 14.3 Å². The molecule has 2 atom stereocenters. The van der Waals surface area contributed by atoms with Crippen LogP contribution in [-0.2, 0) is 9.59 Å². The fourth-order valence-corrected chi connectivity index (χ4v) is 5.04. The van der Waals surface area contributed by atoms with Crippen LogP contribution in [0, 0.1) is 18.8 Å². The first-order valence-electron chi connectivity index (χ1n) is 11.9. The van der Waals surface area contributed by atoms with Crippen LogP contribution in [-0.4, -0.2) is 68.0 Å². The van der Waals surface area contributed by atoms with E-state index >= 15 is 0 Å². The van der Waals surface area contributed by atoms with E-state index in [0.717, 1.165) is 30.1 Å². The van der Waals surface area contributed by atoms with Crippen LogP contribution in [0.5, 0.6) is 5.75 Å². The Morgan fingerprint density at radius 2 is 1.58 bits per heavy atom. The van der Waals surface area contributed by atoms with Crippen molar-refractivity contribution in [1.29, 1.82) is 0 Å². The Kier molecular flexibility index (Phi) is 6.91. The Hall–Kier alpha value is -3.02. The Balaban J connectivity index is 1.49. The molecule has 0 N–H and O–H groups in total. The number of likely N-dealkylation sites (tertiary alicyclic amines) is 1. The summed E-state index contributed by atoms with van der Waals surface area (Å²) in [5.74, 6) is 0.918. The quantitative estimate of drug-likeness (QED) is 0.701. The molecule has 6 nitrogen and oxygen atoms in total. The number of para-hydroxylation sites is 2. The number of nitrogens with zero attached hydrogens (tertiary/aromatic N) is 3. The summed E-state index contributed by atoms with van der Waals surface area (Å²) < 4.78 is 5.52. The third kappa shape index (κ3) is 4.85. The molecule has 176 valence electrons. The molecule has 0 bridgehead atoms. The zero-order valence-corrected chi connectivity index (χ0v) is 20.2. The Labute approximate surface area is 197 Å². The highest BCUT2D eigenvalue weighted by molar-refractivity contribution is 5.84. The lowest BCUT2D eigenvalue weighted by Crippen LogP contribution is -2.51. The molecule has 4 rings (SSSR count). The summed E-state index contributed by atoms with van der Waals surface area (Å²) in [4.78, 5) is 32.6. The molecule has 33 heavy (non-hydrogen) atoms. The highest BCUT2D eigenvalue weighted by Crippen LogP contribution is 2.36. The molecule has 2 aliphatic rings. The summed E-state index contributed by atoms with van der Waals surface area (Å²) in [6.45, 7) is 9.91. The van der Waals surface area contributed by atoms with Crippen molar-refractivity contribution in [3.05, 3.63) is 59.7 Å². The number of piperazine rings is 1. The second-order valence-corrected chi connectivity index (χ2v) is 9.51. The molecule has 0 aliphatic carbocycles. The number of carbonyl (C=O) groups is 2. The number of hydrogen-bond donors (Lipinski definition) is 0. The van der Waals surface area contributed by atoms with E-state index in [0.29, 0.717) is 26.2 Å². The van der Waals surface area contributed by atoms with E-state index in [-0.39, 0.29) is 29.6 Å². The first kappa shape index (κ1) is 23.1. The van der Waals surface area contributed by atoms with Gasteiger partial charge in [0, 0.05) is 51.1 Å². The molecule has 2 aromatic carbocycles. The van der Waals surface area contributed by atoms with E-state index in [1.54, 1.807) is 7.11 Å². The minimum atomic E-state index is -0.201. The van der Waals surface area contributed by atoms with E-state index in [9.17, 15) is 9.59 Å². The molecule has 2 fully saturated rings. The van der Waals surface area contributed by atoms with Gasteiger partial charge in [0.05, 0.1) is 18.7 Å². The van der Waals surface area contributed by atoms with Crippen molar-refractivity contribution in [2.24, 2.45) is 11.8 Å². The van der Waals surface area contributed by atoms with Crippen LogP contribution in [0.3, 0.4) is 0 Å². The number of carbonyl (C=O) groups excluding carboxylic acids is 2. The first-order valence-corrected chi connectivity index (χ1v) is 11.9. The molecule has 0 unspecified atom stereocenters. The van der Waals surface area contributed by atoms with Crippen molar-refractivity contribution >= 4 is 17.5 Å². The predicted molar refractivity (Wildman–Crippen MR) is 131 cm³/mol. The molecular formula is C27H35N3O3. The van der Waals surface area contributed by atoms with Crippen LogP contribution < -0.4 is 9.64 Å². The smallest absolute Gasteiger partial charge is 0.228 e. The number of hydrogen-bond acceptors (Lipinski definition) is 4. The van der Waals surface area contributed by atoms with Crippen LogP contribution in [0.1, 0.15) is 30.9 Å². The summed E-state index contributed by atoms with van der Waals surface area (Å²) in [6, 6.07) is 16.4. The third-order valence-electron chi connectivity index (χ3n) is 6.97. The summed E-state index contributed by atoms with van der Waals surface area (Å²) in [5, 5.41) is 0. The van der Waals surface area contributed by atoms with Gasteiger partial charge in [0.15, 0.2) is 0 Å². The van der Waals surface area contributed by atoms with Gasteiger partial charge in [-0.1, -0.05) is 55.8 Å². The maximum atomic E-state index is 13.7. The molecule has 0 saturated carbocycles. The molecule has 0 spiro atoms. The van der Waals surface area contributed by atoms with Crippen LogP contribution in [0.4, 0.5) is 5.69 Å². The Morgan fingerprint density at radius 3 is 2.21 bits per heavy atom. The average Bonchev–Trinajstić information content (AvgIpc) is 3.29. The zero-order valence-electron chi connectivity index (χ0n) is 20.2. The number of methoxy groups -OCH3 is 1. The monoisotopic (exact) mass is 449 g/mol. The molecule has 2 aliphatic heterocycles. The summed E-state index contributed by atoms with van der Waals surface area (Å²) in [5.41, 5.74) is 3.41. The predicted octanol–water partition coefficient (Wildman–Crippen LogP) is 3.55. The Morgan fingerprint density at radius 1 is 0.909 bits per heavy atom. The highest BCUT2D eigenvalue weighted by atomic mass is 16.5. The molecular weight excluding hydrogens is 414 g/mol. The second-order valence-electron chi connectivity index (χ2n) is 9.51. The van der Waals surface area contributed by atoms with E-state index < -0.39 is 0 Å². The molecule has 0 radical (unpaired) electrons. The van der Waals surface area contributed by atoms with Crippen LogP contribution in [0.15, 0.2) is 48.5 Å². The van der Waals surface area contributed by atoms with Gasteiger partial charge >= 0.3 is 0 Å². The van der Waals surface area contributed by atoms with Crippen LogP contribution in [0.2, 0.25) is 0 Å². The lowest BCUT2D eigenvalue weighted by atomic mass is 9.87. The van der Waals surface area contributed by atoms with Gasteiger partial charge in [-0.15, -0.1) is 0 Å². The summed E-state index contributed by atoms with van der Waals surface area (Å²) in [6.07, 6.45) is 0. The molecule has 2 aromatic rings. The van der Waals surface area contributed by atoms with Gasteiger partial charge in [-0.2, -0.15) is 0 Å². The normalized spacial score (nSPS) is 20.9. The number of rotatable bonds is 5. The zero-order chi connectivity index (χ0) is 23.5. The Bertz CT molecular complexity index is 980. The highest BCUT2D eigenvalue weighted by Gasteiger charge is 2.42. The minimum absolute atomic E-state index is 0.0352. The standard InChI is InChI=1S/C27H35N3O3/c1-19(2)26(31)30-17-22(21-11-9-20(3)10-12-21)23(18-30)27(32)29-15-13-28(14-16-29)24-7-5-6-8-25(24)33-4/h5-12,19,22-23H,13-18H2,1-4H3/t22-,23+/m0/s1. The second kappa shape index (κ2) is 9.86. The lowest BCUT2D eigenvalue weighted by Gasteiger charge is -2.38. The molecule has 2 heterocycles. The topological polar surface area (TPSA) is 53.1 Å². The fraction of sp³-hybridized carbons (Fsp3) is 0.481. The molecule has 6 heteroatoms. The van der Waals surface area contributed by atoms with Crippen LogP contribution in [0.25, 0.3) is 0 Å². The van der Waals surface area contributed by atoms with Crippen LogP contribution >= 0.6 is 0 Å². The van der Waals surface area contributed by atoms with Gasteiger partial charge in [0.25, 0.3) is 0 Å². The number of anilines is 1. The largest absolute Gasteiger partial charge is 0.495 e. The van der Waals surface area contributed by atoms with Crippen molar-refractivity contribution in [3.63, 3.8) is 0 Å². The van der Waals surface area contributed by atoms with Gasteiger partial charge in [-0.25, -0.2) is 0 Å². The van der Waals surface area contributed by atoms with E-state index in [1.165, 1.54) is 5.56 Å². The molecule has 0 aromatic heterocycles. The van der Waals surface area contributed by atoms with Crippen molar-refractivity contribution in [1.82, 2.24) is 9.80 Å². The summed E-state index contributed by atoms with van der Waals surface area (Å²) in [7, 11) is 1.69. The van der Waals surface area contributed by atoms with Crippen molar-refractivity contribution in [3.8, 4) is 5.75 Å². The van der Waals surface area contributed by atoms with Gasteiger partial charge in [-0.3, -0.25) is 9.59 Å². The van der Waals surface area contributed by atoms with Gasteiger partial charge in [-0.05, 0) is 24.6 Å². The molecule has 2 amide bonds. The van der Waals surface area contributed by atoms with Gasteiger partial charge < -0.3 is 19.4 Å². The van der Waals surface area contributed by atoms with E-state index in [4.69, 9.17) is 4.74 Å². The fourth-order valence-electron chi connectivity index (χ4n) is 5.04. The van der Waals surface area contributed by atoms with E-state index in [2.05, 4.69) is 42.2 Å². The number of benzene rings is 2. The molecule has 2 saturated heterocycles. The lowest BCUT2D eigenvalue weighted by molar-refractivity contribution is -0.136. The minimum Gasteiger partial charge on any atom is -0.495 e. The number of ether oxygens (including phenoxy) is 1. The first-order chi connectivity index (χ1) is 15.9. The van der Waals surface area contributed by atoms with Crippen molar-refractivity contribution in [2.45, 2.75) is 26.7 Å². The maximum Gasteiger partial charge on any atom is 0.228 e. The average molecular weight is 450 g/mol. The third-order valence-corrected chi connectivity index (χ3v) is 6.97. The van der Waals surface area contributed by atoms with E-state index in [1.807, 2.05) is 41.8 Å². The number of aryl methyl sites for hydroxylation is 1. The van der Waals surface area contributed by atoms with Gasteiger partial charge in [0.2, 0.25) is 11.8 Å². The van der Waals surface area contributed by atoms with Crippen molar-refractivity contribution in [2.75, 3.05) is 51.3 Å². The summed E-state index contributed by atoms with van der Waals surface area (Å²) >= 11 is 0. The maximum absolute atomic E-state index is 13.7. The van der Waals surface area contributed by atoms with Gasteiger partial charge in [0.1, 0.15) is 5.75 Å². The number of amides is 2. The SMILES string of the molecule is COc1ccccc1N1CCN(C(=O)[C@@H]2CN(C(=O)C(C)C)C[C@H]2c2ccc(C)cc2)CC1.